The first-order valence-electron chi connectivity index (χ1n) is 5.30. The third kappa shape index (κ3) is 2.38. The molecule has 0 aromatic carbocycles. The van der Waals surface area contributed by atoms with Crippen LogP contribution in [0.15, 0.2) is 30.7 Å². The molecule has 90 valence electrons. The largest absolute Gasteiger partial charge is 0.619 e. The Morgan fingerprint density at radius 2 is 2.12 bits per heavy atom. The normalized spacial score (nSPS) is 11.7. The quantitative estimate of drug-likeness (QED) is 0.518. The number of carbonyl (C=O) groups is 1. The zero-order chi connectivity index (χ0) is 12.6. The minimum absolute atomic E-state index is 0.448. The van der Waals surface area contributed by atoms with Gasteiger partial charge in [0.15, 0.2) is 12.4 Å². The number of fused-ring (bicyclic) bond motifs is 1. The lowest BCUT2D eigenvalue weighted by Crippen LogP contribution is -2.27. The summed E-state index contributed by atoms with van der Waals surface area (Å²) in [6.07, 6.45) is 3.91. The van der Waals surface area contributed by atoms with Crippen LogP contribution in [0.3, 0.4) is 0 Å². The van der Waals surface area contributed by atoms with E-state index in [0.29, 0.717) is 15.6 Å². The first-order valence-corrected chi connectivity index (χ1v) is 5.30. The summed E-state index contributed by atoms with van der Waals surface area (Å²) in [5.41, 5.74) is 0.118. The number of hydrogen-bond acceptors (Lipinski definition) is 3. The second-order valence-corrected chi connectivity index (χ2v) is 4.81. The average Bonchev–Trinajstić information content (AvgIpc) is 2.57. The van der Waals surface area contributed by atoms with E-state index in [1.165, 1.54) is 17.0 Å². The topological polar surface area (TPSA) is 58.2 Å². The summed E-state index contributed by atoms with van der Waals surface area (Å²) in [5.74, 6) is 0. The van der Waals surface area contributed by atoms with Gasteiger partial charge in [-0.1, -0.05) is 0 Å². The third-order valence-corrected chi connectivity index (χ3v) is 2.19. The summed E-state index contributed by atoms with van der Waals surface area (Å²) in [5, 5.41) is 11.8. The Balaban J connectivity index is 2.40. The summed E-state index contributed by atoms with van der Waals surface area (Å²) < 4.78 is 7.35. The molecule has 0 aliphatic heterocycles. The number of ether oxygens (including phenoxy) is 1. The maximum Gasteiger partial charge on any atom is 0.418 e. The highest BCUT2D eigenvalue weighted by Gasteiger charge is 2.19. The lowest BCUT2D eigenvalue weighted by Gasteiger charge is -2.19. The second-order valence-electron chi connectivity index (χ2n) is 4.81. The van der Waals surface area contributed by atoms with E-state index in [4.69, 9.17) is 4.74 Å². The minimum atomic E-state index is -0.541. The van der Waals surface area contributed by atoms with Crippen LogP contribution < -0.4 is 4.73 Å². The average molecular weight is 234 g/mol. The van der Waals surface area contributed by atoms with Crippen molar-refractivity contribution in [3.63, 3.8) is 0 Å². The van der Waals surface area contributed by atoms with Gasteiger partial charge in [0, 0.05) is 12.3 Å². The van der Waals surface area contributed by atoms with E-state index in [-0.39, 0.29) is 0 Å². The van der Waals surface area contributed by atoms with Crippen LogP contribution in [0.25, 0.3) is 10.9 Å². The highest BCUT2D eigenvalue weighted by Crippen LogP contribution is 2.16. The molecular formula is C12H14N2O3. The number of nitrogens with zero attached hydrogens (tertiary/aromatic N) is 2. The molecule has 0 spiro atoms. The molecule has 2 heterocycles. The number of aromatic nitrogens is 2. The van der Waals surface area contributed by atoms with E-state index in [0.717, 1.165) is 0 Å². The number of carbonyl (C=O) groups excluding carboxylic acids is 1. The fourth-order valence-corrected chi connectivity index (χ4v) is 1.54. The summed E-state index contributed by atoms with van der Waals surface area (Å²) in [4.78, 5) is 11.9. The van der Waals surface area contributed by atoms with E-state index in [9.17, 15) is 10.0 Å². The molecule has 0 aliphatic carbocycles. The fraction of sp³-hybridized carbons (Fsp3) is 0.333. The summed E-state index contributed by atoms with van der Waals surface area (Å²) in [7, 11) is 0. The van der Waals surface area contributed by atoms with Crippen LogP contribution in [0, 0.1) is 5.21 Å². The van der Waals surface area contributed by atoms with Gasteiger partial charge in [0.25, 0.3) is 0 Å². The molecule has 0 bridgehead atoms. The molecule has 0 radical (unpaired) electrons. The summed E-state index contributed by atoms with van der Waals surface area (Å²) in [6, 6.07) is 3.29. The van der Waals surface area contributed by atoms with E-state index in [2.05, 4.69) is 0 Å². The van der Waals surface area contributed by atoms with E-state index in [1.54, 1.807) is 18.3 Å². The first kappa shape index (κ1) is 11.4. The van der Waals surface area contributed by atoms with Crippen molar-refractivity contribution in [1.82, 2.24) is 4.57 Å². The second kappa shape index (κ2) is 3.76. The molecule has 2 aromatic heterocycles. The molecule has 0 unspecified atom stereocenters. The van der Waals surface area contributed by atoms with Crippen LogP contribution in [-0.4, -0.2) is 16.3 Å². The highest BCUT2D eigenvalue weighted by atomic mass is 16.6. The zero-order valence-corrected chi connectivity index (χ0v) is 10.0. The lowest BCUT2D eigenvalue weighted by atomic mass is 10.2. The van der Waals surface area contributed by atoms with Crippen LogP contribution in [0.5, 0.6) is 0 Å². The van der Waals surface area contributed by atoms with E-state index in [1.807, 2.05) is 20.8 Å². The Morgan fingerprint density at radius 1 is 1.41 bits per heavy atom. The predicted molar refractivity (Wildman–Crippen MR) is 62.5 cm³/mol. The van der Waals surface area contributed by atoms with Crippen molar-refractivity contribution < 1.29 is 14.3 Å². The van der Waals surface area contributed by atoms with Gasteiger partial charge in [-0.3, -0.25) is 4.57 Å². The van der Waals surface area contributed by atoms with Crippen molar-refractivity contribution in [2.24, 2.45) is 0 Å². The Hall–Kier alpha value is -2.04. The highest BCUT2D eigenvalue weighted by molar-refractivity contribution is 5.88. The third-order valence-electron chi connectivity index (χ3n) is 2.19. The SMILES string of the molecule is CC(C)(C)OC(=O)n1ccc2c[n+]([O-])ccc21. The van der Waals surface area contributed by atoms with Gasteiger partial charge in [-0.2, -0.15) is 4.73 Å². The maximum atomic E-state index is 11.9. The Labute approximate surface area is 98.8 Å². The van der Waals surface area contributed by atoms with Crippen LogP contribution in [0.4, 0.5) is 4.79 Å². The summed E-state index contributed by atoms with van der Waals surface area (Å²) >= 11 is 0. The Bertz CT molecular complexity index is 567. The zero-order valence-electron chi connectivity index (χ0n) is 10.0. The smallest absolute Gasteiger partial charge is 0.418 e. The predicted octanol–water partition coefficient (Wildman–Crippen LogP) is 2.06. The number of rotatable bonds is 0. The van der Waals surface area contributed by atoms with Crippen LogP contribution in [0.2, 0.25) is 0 Å². The molecule has 5 nitrogen and oxygen atoms in total. The molecular weight excluding hydrogens is 220 g/mol. The molecule has 0 N–H and O–H groups in total. The van der Waals surface area contributed by atoms with Gasteiger partial charge in [-0.15, -0.1) is 0 Å². The molecule has 0 fully saturated rings. The summed E-state index contributed by atoms with van der Waals surface area (Å²) in [6.45, 7) is 5.42. The van der Waals surface area contributed by atoms with E-state index >= 15 is 0 Å². The first-order chi connectivity index (χ1) is 7.87. The minimum Gasteiger partial charge on any atom is -0.619 e. The lowest BCUT2D eigenvalue weighted by molar-refractivity contribution is -0.603. The maximum absolute atomic E-state index is 11.9. The van der Waals surface area contributed by atoms with Crippen molar-refractivity contribution in [3.05, 3.63) is 35.9 Å². The molecule has 0 saturated carbocycles. The van der Waals surface area contributed by atoms with E-state index < -0.39 is 11.7 Å². The van der Waals surface area contributed by atoms with Crippen molar-refractivity contribution in [2.75, 3.05) is 0 Å². The standard InChI is InChI=1S/C12H14N2O3/c1-12(2,3)17-11(15)14-7-4-9-8-13(16)6-5-10(9)14/h4-8H,1-3H3. The van der Waals surface area contributed by atoms with Gasteiger partial charge >= 0.3 is 6.09 Å². The number of pyridine rings is 1. The fourth-order valence-electron chi connectivity index (χ4n) is 1.54. The van der Waals surface area contributed by atoms with Gasteiger partial charge in [-0.05, 0) is 26.8 Å². The Kier molecular flexibility index (Phi) is 2.53. The monoisotopic (exact) mass is 234 g/mol. The molecule has 0 saturated heterocycles. The van der Waals surface area contributed by atoms with Gasteiger partial charge in [-0.25, -0.2) is 4.79 Å². The van der Waals surface area contributed by atoms with Crippen molar-refractivity contribution >= 4 is 17.0 Å². The van der Waals surface area contributed by atoms with Crippen LogP contribution in [0.1, 0.15) is 20.8 Å². The molecule has 2 aromatic rings. The molecule has 0 aliphatic rings. The molecule has 5 heteroatoms. The van der Waals surface area contributed by atoms with Gasteiger partial charge in [0.1, 0.15) is 5.60 Å². The van der Waals surface area contributed by atoms with Crippen molar-refractivity contribution in [3.8, 4) is 0 Å². The van der Waals surface area contributed by atoms with Gasteiger partial charge in [0.05, 0.1) is 10.9 Å². The molecule has 17 heavy (non-hydrogen) atoms. The van der Waals surface area contributed by atoms with Crippen LogP contribution in [-0.2, 0) is 4.74 Å². The number of hydrogen-bond donors (Lipinski definition) is 0. The molecule has 0 amide bonds. The molecule has 2 rings (SSSR count). The van der Waals surface area contributed by atoms with Crippen LogP contribution >= 0.6 is 0 Å². The van der Waals surface area contributed by atoms with Crippen molar-refractivity contribution in [1.29, 1.82) is 0 Å². The Morgan fingerprint density at radius 3 is 2.76 bits per heavy atom. The van der Waals surface area contributed by atoms with Gasteiger partial charge in [0.2, 0.25) is 0 Å². The van der Waals surface area contributed by atoms with Crippen molar-refractivity contribution in [2.45, 2.75) is 26.4 Å². The van der Waals surface area contributed by atoms with Gasteiger partial charge < -0.3 is 9.94 Å². The molecule has 0 atom stereocenters.